The van der Waals surface area contributed by atoms with E-state index in [2.05, 4.69) is 5.32 Å². The van der Waals surface area contributed by atoms with Gasteiger partial charge in [0.2, 0.25) is 0 Å². The third-order valence-electron chi connectivity index (χ3n) is 4.27. The molecule has 6 nitrogen and oxygen atoms in total. The van der Waals surface area contributed by atoms with E-state index < -0.39 is 5.91 Å². The summed E-state index contributed by atoms with van der Waals surface area (Å²) in [6.07, 6.45) is 0.984. The third-order valence-corrected chi connectivity index (χ3v) is 4.27. The minimum Gasteiger partial charge on any atom is -0.507 e. The number of carbonyl (C=O) groups is 1. The molecule has 6 heteroatoms. The van der Waals surface area contributed by atoms with Crippen LogP contribution in [0.15, 0.2) is 30.3 Å². The van der Waals surface area contributed by atoms with E-state index in [0.717, 1.165) is 29.0 Å². The fourth-order valence-electron chi connectivity index (χ4n) is 3.00. The molecule has 2 aromatic rings. The molecular formula is C20H23NO5. The number of amides is 1. The van der Waals surface area contributed by atoms with Crippen LogP contribution in [0.5, 0.6) is 23.0 Å². The topological polar surface area (TPSA) is 77.0 Å². The maximum Gasteiger partial charge on any atom is 0.255 e. The molecule has 0 spiro atoms. The summed E-state index contributed by atoms with van der Waals surface area (Å²) in [5, 5.41) is 12.8. The molecule has 1 atom stereocenters. The van der Waals surface area contributed by atoms with Crippen molar-refractivity contribution < 1.29 is 24.1 Å². The van der Waals surface area contributed by atoms with Gasteiger partial charge in [-0.15, -0.1) is 0 Å². The number of carbonyl (C=O) groups excluding carboxylic acids is 1. The van der Waals surface area contributed by atoms with Crippen molar-refractivity contribution in [3.05, 3.63) is 47.0 Å². The second-order valence-corrected chi connectivity index (χ2v) is 6.20. The Morgan fingerprint density at radius 2 is 2.15 bits per heavy atom. The first-order valence-electron chi connectivity index (χ1n) is 8.62. The number of aromatic hydroxyl groups is 1. The summed E-state index contributed by atoms with van der Waals surface area (Å²) < 4.78 is 16.6. The Hall–Kier alpha value is -2.89. The van der Waals surface area contributed by atoms with Crippen LogP contribution in [-0.2, 0) is 13.0 Å². The molecule has 1 amide bonds. The zero-order chi connectivity index (χ0) is 18.7. The summed E-state index contributed by atoms with van der Waals surface area (Å²) >= 11 is 0. The van der Waals surface area contributed by atoms with E-state index >= 15 is 0 Å². The molecule has 0 aliphatic carbocycles. The highest BCUT2D eigenvalue weighted by molar-refractivity contribution is 5.97. The van der Waals surface area contributed by atoms with Gasteiger partial charge in [-0.2, -0.15) is 0 Å². The molecule has 0 bridgehead atoms. The summed E-state index contributed by atoms with van der Waals surface area (Å²) in [6, 6.07) is 8.42. The maximum atomic E-state index is 12.5. The monoisotopic (exact) mass is 357 g/mol. The van der Waals surface area contributed by atoms with Crippen LogP contribution in [0.4, 0.5) is 0 Å². The molecule has 1 aliphatic rings. The molecule has 0 fully saturated rings. The fourth-order valence-corrected chi connectivity index (χ4v) is 3.00. The van der Waals surface area contributed by atoms with Crippen molar-refractivity contribution in [1.29, 1.82) is 0 Å². The molecule has 0 radical (unpaired) electrons. The van der Waals surface area contributed by atoms with Gasteiger partial charge in [-0.1, -0.05) is 0 Å². The van der Waals surface area contributed by atoms with Gasteiger partial charge in [-0.3, -0.25) is 4.79 Å². The van der Waals surface area contributed by atoms with Crippen LogP contribution in [0.25, 0.3) is 0 Å². The Kier molecular flexibility index (Phi) is 5.21. The van der Waals surface area contributed by atoms with Crippen molar-refractivity contribution in [2.75, 3.05) is 13.7 Å². The van der Waals surface area contributed by atoms with Crippen LogP contribution in [0.3, 0.4) is 0 Å². The summed E-state index contributed by atoms with van der Waals surface area (Å²) in [6.45, 7) is 4.74. The minimum atomic E-state index is -0.390. The smallest absolute Gasteiger partial charge is 0.255 e. The lowest BCUT2D eigenvalue weighted by molar-refractivity contribution is 0.0947. The van der Waals surface area contributed by atoms with Crippen molar-refractivity contribution in [3.8, 4) is 23.0 Å². The molecule has 0 saturated carbocycles. The van der Waals surface area contributed by atoms with Crippen LogP contribution < -0.4 is 19.5 Å². The van der Waals surface area contributed by atoms with Gasteiger partial charge in [0.1, 0.15) is 29.1 Å². The van der Waals surface area contributed by atoms with Gasteiger partial charge < -0.3 is 24.6 Å². The maximum absolute atomic E-state index is 12.5. The summed E-state index contributed by atoms with van der Waals surface area (Å²) in [5.41, 5.74) is 2.10. The first kappa shape index (κ1) is 17.9. The third kappa shape index (κ3) is 3.69. The normalized spacial score (nSPS) is 15.1. The highest BCUT2D eigenvalue weighted by Crippen LogP contribution is 2.35. The van der Waals surface area contributed by atoms with E-state index in [1.807, 2.05) is 26.0 Å². The second kappa shape index (κ2) is 7.56. The molecular weight excluding hydrogens is 334 g/mol. The summed E-state index contributed by atoms with van der Waals surface area (Å²) in [4.78, 5) is 12.5. The highest BCUT2D eigenvalue weighted by atomic mass is 16.5. The molecule has 26 heavy (non-hydrogen) atoms. The molecule has 138 valence electrons. The molecule has 0 saturated heterocycles. The number of phenols is 1. The van der Waals surface area contributed by atoms with Gasteiger partial charge in [-0.05, 0) is 44.2 Å². The number of nitrogens with one attached hydrogen (secondary N) is 1. The Morgan fingerprint density at radius 1 is 1.35 bits per heavy atom. The van der Waals surface area contributed by atoms with Gasteiger partial charge >= 0.3 is 0 Å². The van der Waals surface area contributed by atoms with Gasteiger partial charge in [0.05, 0.1) is 19.3 Å². The molecule has 0 aromatic heterocycles. The van der Waals surface area contributed by atoms with Crippen LogP contribution in [0.1, 0.15) is 35.3 Å². The average Bonchev–Trinajstić information content (AvgIpc) is 2.99. The number of fused-ring (bicyclic) bond motifs is 1. The molecule has 2 N–H and O–H groups in total. The lowest BCUT2D eigenvalue weighted by atomic mass is 10.1. The van der Waals surface area contributed by atoms with E-state index in [4.69, 9.17) is 14.2 Å². The SMILES string of the molecule is CCOc1cc2c(cc1CNC(=O)c1cc(OC)ccc1O)O[C@H](C)C2. The van der Waals surface area contributed by atoms with Crippen LogP contribution in [0, 0.1) is 0 Å². The minimum absolute atomic E-state index is 0.0977. The largest absolute Gasteiger partial charge is 0.507 e. The lowest BCUT2D eigenvalue weighted by Gasteiger charge is -2.14. The summed E-state index contributed by atoms with van der Waals surface area (Å²) in [5.74, 6) is 1.58. The number of phenolic OH excluding ortho intramolecular Hbond substituents is 1. The van der Waals surface area contributed by atoms with E-state index in [-0.39, 0.29) is 24.0 Å². The average molecular weight is 357 g/mol. The van der Waals surface area contributed by atoms with Crippen molar-refractivity contribution in [2.45, 2.75) is 32.9 Å². The van der Waals surface area contributed by atoms with Crippen molar-refractivity contribution in [3.63, 3.8) is 0 Å². The number of methoxy groups -OCH3 is 1. The van der Waals surface area contributed by atoms with Crippen molar-refractivity contribution >= 4 is 5.91 Å². The Morgan fingerprint density at radius 3 is 2.88 bits per heavy atom. The summed E-state index contributed by atoms with van der Waals surface area (Å²) in [7, 11) is 1.51. The van der Waals surface area contributed by atoms with Gasteiger partial charge in [0, 0.05) is 24.1 Å². The van der Waals surface area contributed by atoms with Crippen LogP contribution in [0.2, 0.25) is 0 Å². The predicted molar refractivity (Wildman–Crippen MR) is 97.2 cm³/mol. The van der Waals surface area contributed by atoms with E-state index in [1.165, 1.54) is 19.2 Å². The van der Waals surface area contributed by atoms with Crippen molar-refractivity contribution in [1.82, 2.24) is 5.32 Å². The second-order valence-electron chi connectivity index (χ2n) is 6.20. The number of hydrogen-bond acceptors (Lipinski definition) is 5. The number of rotatable bonds is 6. The quantitative estimate of drug-likeness (QED) is 0.831. The highest BCUT2D eigenvalue weighted by Gasteiger charge is 2.22. The number of hydrogen-bond donors (Lipinski definition) is 2. The molecule has 1 heterocycles. The zero-order valence-corrected chi connectivity index (χ0v) is 15.2. The molecule has 3 rings (SSSR count). The van der Waals surface area contributed by atoms with Crippen molar-refractivity contribution in [2.24, 2.45) is 0 Å². The van der Waals surface area contributed by atoms with E-state index in [9.17, 15) is 9.90 Å². The number of ether oxygens (including phenoxy) is 3. The number of benzene rings is 2. The Labute approximate surface area is 152 Å². The van der Waals surface area contributed by atoms with Crippen LogP contribution in [-0.4, -0.2) is 30.8 Å². The lowest BCUT2D eigenvalue weighted by Crippen LogP contribution is -2.23. The molecule has 1 aliphatic heterocycles. The molecule has 2 aromatic carbocycles. The standard InChI is InChI=1S/C20H23NO5/c1-4-25-18-8-13-7-12(2)26-19(13)9-14(18)11-21-20(23)16-10-15(24-3)5-6-17(16)22/h5-6,8-10,12,22H,4,7,11H2,1-3H3,(H,21,23)/t12-/m1/s1. The van der Waals surface area contributed by atoms with Gasteiger partial charge in [-0.25, -0.2) is 0 Å². The van der Waals surface area contributed by atoms with Crippen LogP contribution >= 0.6 is 0 Å². The van der Waals surface area contributed by atoms with Gasteiger partial charge in [0.25, 0.3) is 5.91 Å². The zero-order valence-electron chi connectivity index (χ0n) is 15.2. The first-order chi connectivity index (χ1) is 12.5. The Bertz CT molecular complexity index is 818. The first-order valence-corrected chi connectivity index (χ1v) is 8.62. The van der Waals surface area contributed by atoms with E-state index in [1.54, 1.807) is 6.07 Å². The predicted octanol–water partition coefficient (Wildman–Crippen LogP) is 3.05. The molecule has 0 unspecified atom stereocenters. The van der Waals surface area contributed by atoms with E-state index in [0.29, 0.717) is 12.4 Å². The van der Waals surface area contributed by atoms with Gasteiger partial charge in [0.15, 0.2) is 0 Å². The Balaban J connectivity index is 1.79. The fraction of sp³-hybridized carbons (Fsp3) is 0.350.